The second kappa shape index (κ2) is 6.06. The third-order valence-electron chi connectivity index (χ3n) is 4.08. The fourth-order valence-corrected chi connectivity index (χ4v) is 3.29. The molecule has 3 heteroatoms. The molecule has 1 saturated heterocycles. The number of nitrogens with one attached hydrogen (secondary N) is 1. The Morgan fingerprint density at radius 2 is 1.50 bits per heavy atom. The van der Waals surface area contributed by atoms with Gasteiger partial charge in [-0.25, -0.2) is 4.39 Å². The molecule has 1 fully saturated rings. The van der Waals surface area contributed by atoms with Crippen molar-refractivity contribution < 1.29 is 4.39 Å². The van der Waals surface area contributed by atoms with Gasteiger partial charge in [0.1, 0.15) is 5.82 Å². The largest absolute Gasteiger partial charge is 0.316 e. The molecular formula is C17H17BrFN. The maximum atomic E-state index is 13.1. The fourth-order valence-electron chi connectivity index (χ4n) is 3.03. The summed E-state index contributed by atoms with van der Waals surface area (Å²) in [5, 5.41) is 3.46. The highest BCUT2D eigenvalue weighted by atomic mass is 79.9. The summed E-state index contributed by atoms with van der Waals surface area (Å²) in [7, 11) is 0. The molecule has 0 amide bonds. The van der Waals surface area contributed by atoms with Crippen molar-refractivity contribution in [1.29, 1.82) is 0 Å². The molecule has 0 radical (unpaired) electrons. The summed E-state index contributed by atoms with van der Waals surface area (Å²) in [6.45, 7) is 1.99. The summed E-state index contributed by atoms with van der Waals surface area (Å²) < 4.78 is 14.2. The predicted octanol–water partition coefficient (Wildman–Crippen LogP) is 4.45. The van der Waals surface area contributed by atoms with Crippen molar-refractivity contribution in [2.45, 2.75) is 18.3 Å². The number of rotatable bonds is 2. The van der Waals surface area contributed by atoms with E-state index >= 15 is 0 Å². The molecule has 2 unspecified atom stereocenters. The molecule has 2 aromatic rings. The predicted molar refractivity (Wildman–Crippen MR) is 83.5 cm³/mol. The molecule has 1 N–H and O–H groups in total. The van der Waals surface area contributed by atoms with Gasteiger partial charge in [0.25, 0.3) is 0 Å². The lowest BCUT2D eigenvalue weighted by molar-refractivity contribution is 0.404. The Morgan fingerprint density at radius 1 is 0.900 bits per heavy atom. The summed E-state index contributed by atoms with van der Waals surface area (Å²) >= 11 is 3.48. The van der Waals surface area contributed by atoms with Gasteiger partial charge < -0.3 is 5.32 Å². The van der Waals surface area contributed by atoms with Gasteiger partial charge in [0.05, 0.1) is 0 Å². The normalized spacial score (nSPS) is 22.7. The first-order chi connectivity index (χ1) is 9.74. The van der Waals surface area contributed by atoms with Crippen LogP contribution >= 0.6 is 15.9 Å². The van der Waals surface area contributed by atoms with E-state index in [2.05, 4.69) is 45.5 Å². The molecule has 2 atom stereocenters. The molecule has 1 aliphatic heterocycles. The van der Waals surface area contributed by atoms with Crippen LogP contribution in [0.5, 0.6) is 0 Å². The molecule has 3 rings (SSSR count). The smallest absolute Gasteiger partial charge is 0.123 e. The lowest BCUT2D eigenvalue weighted by Gasteiger charge is -2.33. The maximum Gasteiger partial charge on any atom is 0.123 e. The minimum absolute atomic E-state index is 0.169. The molecule has 0 aromatic heterocycles. The topological polar surface area (TPSA) is 12.0 Å². The van der Waals surface area contributed by atoms with Crippen LogP contribution in [0.4, 0.5) is 4.39 Å². The van der Waals surface area contributed by atoms with E-state index in [0.29, 0.717) is 11.8 Å². The third-order valence-corrected chi connectivity index (χ3v) is 4.61. The van der Waals surface area contributed by atoms with E-state index in [1.807, 2.05) is 12.1 Å². The second-order valence-electron chi connectivity index (χ2n) is 5.31. The van der Waals surface area contributed by atoms with Crippen molar-refractivity contribution >= 4 is 15.9 Å². The first-order valence-electron chi connectivity index (χ1n) is 6.95. The standard InChI is InChI=1S/C17H17BrFN/c18-14-5-1-12(2-6-14)16-9-10-20-11-17(16)13-3-7-15(19)8-4-13/h1-8,16-17,20H,9-11H2. The van der Waals surface area contributed by atoms with Crippen LogP contribution in [-0.2, 0) is 0 Å². The number of hydrogen-bond donors (Lipinski definition) is 1. The lowest BCUT2D eigenvalue weighted by Crippen LogP contribution is -2.34. The van der Waals surface area contributed by atoms with Crippen molar-refractivity contribution in [2.75, 3.05) is 13.1 Å². The van der Waals surface area contributed by atoms with E-state index in [4.69, 9.17) is 0 Å². The van der Waals surface area contributed by atoms with Gasteiger partial charge in [-0.15, -0.1) is 0 Å². The average Bonchev–Trinajstić information content (AvgIpc) is 2.49. The summed E-state index contributed by atoms with van der Waals surface area (Å²) in [6.07, 6.45) is 1.11. The van der Waals surface area contributed by atoms with E-state index in [9.17, 15) is 4.39 Å². The molecule has 0 aliphatic carbocycles. The van der Waals surface area contributed by atoms with Crippen LogP contribution in [0, 0.1) is 5.82 Å². The van der Waals surface area contributed by atoms with Crippen LogP contribution in [0.15, 0.2) is 53.0 Å². The minimum atomic E-state index is -0.169. The van der Waals surface area contributed by atoms with Gasteiger partial charge in [-0.3, -0.25) is 0 Å². The Hall–Kier alpha value is -1.19. The Bertz CT molecular complexity index is 511. The number of halogens is 2. The average molecular weight is 334 g/mol. The summed E-state index contributed by atoms with van der Waals surface area (Å²) in [6, 6.07) is 15.5. The SMILES string of the molecule is Fc1ccc(C2CNCCC2c2ccc(Br)cc2)cc1. The number of hydrogen-bond acceptors (Lipinski definition) is 1. The van der Waals surface area contributed by atoms with E-state index < -0.39 is 0 Å². The molecule has 1 heterocycles. The summed E-state index contributed by atoms with van der Waals surface area (Å²) in [5.74, 6) is 0.734. The monoisotopic (exact) mass is 333 g/mol. The molecule has 0 saturated carbocycles. The third kappa shape index (κ3) is 2.94. The highest BCUT2D eigenvalue weighted by molar-refractivity contribution is 9.10. The van der Waals surface area contributed by atoms with E-state index in [1.165, 1.54) is 11.1 Å². The Morgan fingerprint density at radius 3 is 2.20 bits per heavy atom. The van der Waals surface area contributed by atoms with Crippen LogP contribution in [-0.4, -0.2) is 13.1 Å². The van der Waals surface area contributed by atoms with E-state index in [0.717, 1.165) is 24.0 Å². The van der Waals surface area contributed by atoms with Crippen LogP contribution in [0.3, 0.4) is 0 Å². The van der Waals surface area contributed by atoms with Gasteiger partial charge in [-0.1, -0.05) is 40.2 Å². The van der Waals surface area contributed by atoms with E-state index in [1.54, 1.807) is 12.1 Å². The molecule has 1 aliphatic rings. The lowest BCUT2D eigenvalue weighted by atomic mass is 9.77. The zero-order valence-corrected chi connectivity index (χ0v) is 12.7. The molecule has 1 nitrogen and oxygen atoms in total. The van der Waals surface area contributed by atoms with Crippen LogP contribution < -0.4 is 5.32 Å². The van der Waals surface area contributed by atoms with Gasteiger partial charge in [0, 0.05) is 16.9 Å². The second-order valence-corrected chi connectivity index (χ2v) is 6.22. The molecule has 0 spiro atoms. The number of benzene rings is 2. The highest BCUT2D eigenvalue weighted by Crippen LogP contribution is 2.37. The van der Waals surface area contributed by atoms with Crippen molar-refractivity contribution in [3.63, 3.8) is 0 Å². The molecule has 2 aromatic carbocycles. The van der Waals surface area contributed by atoms with Gasteiger partial charge in [-0.2, -0.15) is 0 Å². The number of piperidine rings is 1. The van der Waals surface area contributed by atoms with Gasteiger partial charge in [0.15, 0.2) is 0 Å². The zero-order chi connectivity index (χ0) is 13.9. The van der Waals surface area contributed by atoms with Gasteiger partial charge in [0.2, 0.25) is 0 Å². The fraction of sp³-hybridized carbons (Fsp3) is 0.294. The Balaban J connectivity index is 1.90. The zero-order valence-electron chi connectivity index (χ0n) is 11.2. The molecular weight excluding hydrogens is 317 g/mol. The van der Waals surface area contributed by atoms with Crippen LogP contribution in [0.2, 0.25) is 0 Å². The van der Waals surface area contributed by atoms with E-state index in [-0.39, 0.29) is 5.82 Å². The first kappa shape index (κ1) is 13.8. The van der Waals surface area contributed by atoms with Crippen molar-refractivity contribution in [3.05, 3.63) is 69.9 Å². The highest BCUT2D eigenvalue weighted by Gasteiger charge is 2.27. The first-order valence-corrected chi connectivity index (χ1v) is 7.75. The summed E-state index contributed by atoms with van der Waals surface area (Å²) in [4.78, 5) is 0. The Kier molecular flexibility index (Phi) is 4.18. The van der Waals surface area contributed by atoms with Gasteiger partial charge in [-0.05, 0) is 54.3 Å². The molecule has 104 valence electrons. The van der Waals surface area contributed by atoms with Crippen molar-refractivity contribution in [3.8, 4) is 0 Å². The maximum absolute atomic E-state index is 13.1. The van der Waals surface area contributed by atoms with Crippen LogP contribution in [0.25, 0.3) is 0 Å². The van der Waals surface area contributed by atoms with Gasteiger partial charge >= 0.3 is 0 Å². The summed E-state index contributed by atoms with van der Waals surface area (Å²) in [5.41, 5.74) is 2.58. The molecule has 0 bridgehead atoms. The minimum Gasteiger partial charge on any atom is -0.316 e. The Labute approximate surface area is 127 Å². The van der Waals surface area contributed by atoms with Crippen molar-refractivity contribution in [1.82, 2.24) is 5.32 Å². The van der Waals surface area contributed by atoms with Crippen molar-refractivity contribution in [2.24, 2.45) is 0 Å². The quantitative estimate of drug-likeness (QED) is 0.856. The van der Waals surface area contributed by atoms with Crippen LogP contribution in [0.1, 0.15) is 29.4 Å². The molecule has 20 heavy (non-hydrogen) atoms.